The lowest BCUT2D eigenvalue weighted by atomic mass is 10.1. The molecule has 0 aliphatic rings. The third-order valence-electron chi connectivity index (χ3n) is 1.92. The highest BCUT2D eigenvalue weighted by Crippen LogP contribution is 2.26. The molecule has 0 radical (unpaired) electrons. The van der Waals surface area contributed by atoms with Crippen LogP contribution in [0.15, 0.2) is 23.1 Å². The molecule has 1 rings (SSSR count). The minimum Gasteiger partial charge on any atom is -0.495 e. The van der Waals surface area contributed by atoms with E-state index in [0.29, 0.717) is 5.69 Å². The first kappa shape index (κ1) is 13.8. The van der Waals surface area contributed by atoms with Crippen LogP contribution in [0.5, 0.6) is 5.75 Å². The van der Waals surface area contributed by atoms with Crippen LogP contribution in [0.2, 0.25) is 0 Å². The highest BCUT2D eigenvalue weighted by atomic mass is 32.2. The highest BCUT2D eigenvalue weighted by molar-refractivity contribution is 7.89. The molecule has 0 aliphatic carbocycles. The second kappa shape index (κ2) is 4.54. The van der Waals surface area contributed by atoms with Crippen molar-refractivity contribution in [1.82, 2.24) is 4.72 Å². The lowest BCUT2D eigenvalue weighted by Crippen LogP contribution is -2.40. The fourth-order valence-corrected chi connectivity index (χ4v) is 2.93. The molecule has 5 nitrogen and oxygen atoms in total. The van der Waals surface area contributed by atoms with Gasteiger partial charge in [0.25, 0.3) is 0 Å². The molecule has 17 heavy (non-hydrogen) atoms. The number of nitrogen functional groups attached to an aromatic ring is 1. The number of anilines is 1. The summed E-state index contributed by atoms with van der Waals surface area (Å²) in [5, 5.41) is 0. The summed E-state index contributed by atoms with van der Waals surface area (Å²) in [5.74, 6) is 0.238. The maximum Gasteiger partial charge on any atom is 0.244 e. The monoisotopic (exact) mass is 258 g/mol. The quantitative estimate of drug-likeness (QED) is 0.802. The molecule has 3 N–H and O–H groups in total. The first-order valence-electron chi connectivity index (χ1n) is 5.13. The molecule has 0 saturated carbocycles. The number of nitrogens with two attached hydrogens (primary N) is 1. The van der Waals surface area contributed by atoms with Crippen LogP contribution in [0.1, 0.15) is 20.8 Å². The van der Waals surface area contributed by atoms with Crippen molar-refractivity contribution in [3.63, 3.8) is 0 Å². The van der Waals surface area contributed by atoms with Crippen molar-refractivity contribution in [3.05, 3.63) is 18.2 Å². The van der Waals surface area contributed by atoms with Crippen molar-refractivity contribution in [2.24, 2.45) is 0 Å². The van der Waals surface area contributed by atoms with Gasteiger partial charge in [-0.25, -0.2) is 13.1 Å². The van der Waals surface area contributed by atoms with E-state index in [1.807, 2.05) is 0 Å². The van der Waals surface area contributed by atoms with E-state index in [1.165, 1.54) is 25.3 Å². The van der Waals surface area contributed by atoms with Crippen LogP contribution in [-0.4, -0.2) is 21.1 Å². The SMILES string of the molecule is COc1cc(N)ccc1S(=O)(=O)NC(C)(C)C. The molecule has 0 heterocycles. The van der Waals surface area contributed by atoms with Gasteiger partial charge in [0.1, 0.15) is 10.6 Å². The minimum atomic E-state index is -3.61. The predicted molar refractivity (Wildman–Crippen MR) is 67.5 cm³/mol. The van der Waals surface area contributed by atoms with Crippen molar-refractivity contribution in [2.75, 3.05) is 12.8 Å². The highest BCUT2D eigenvalue weighted by Gasteiger charge is 2.25. The zero-order valence-corrected chi connectivity index (χ0v) is 11.3. The average Bonchev–Trinajstić information content (AvgIpc) is 2.13. The van der Waals surface area contributed by atoms with Crippen molar-refractivity contribution < 1.29 is 13.2 Å². The third kappa shape index (κ3) is 3.61. The van der Waals surface area contributed by atoms with Gasteiger partial charge in [-0.3, -0.25) is 0 Å². The number of methoxy groups -OCH3 is 1. The van der Waals surface area contributed by atoms with Crippen LogP contribution in [-0.2, 0) is 10.0 Å². The van der Waals surface area contributed by atoms with E-state index in [4.69, 9.17) is 10.5 Å². The molecular formula is C11H18N2O3S. The molecule has 1 aromatic carbocycles. The van der Waals surface area contributed by atoms with Crippen LogP contribution in [0.4, 0.5) is 5.69 Å². The summed E-state index contributed by atoms with van der Waals surface area (Å²) in [6.07, 6.45) is 0. The Morgan fingerprint density at radius 1 is 1.29 bits per heavy atom. The second-order valence-corrected chi connectivity index (χ2v) is 6.42. The third-order valence-corrected chi connectivity index (χ3v) is 3.72. The van der Waals surface area contributed by atoms with Gasteiger partial charge in [0.2, 0.25) is 10.0 Å². The number of hydrogen-bond acceptors (Lipinski definition) is 4. The van der Waals surface area contributed by atoms with Gasteiger partial charge in [-0.05, 0) is 32.9 Å². The number of nitrogens with one attached hydrogen (secondary N) is 1. The van der Waals surface area contributed by atoms with Gasteiger partial charge in [0, 0.05) is 17.3 Å². The van der Waals surface area contributed by atoms with Crippen molar-refractivity contribution in [1.29, 1.82) is 0 Å². The van der Waals surface area contributed by atoms with Crippen LogP contribution in [0.3, 0.4) is 0 Å². The fourth-order valence-electron chi connectivity index (χ4n) is 1.36. The maximum absolute atomic E-state index is 12.1. The predicted octanol–water partition coefficient (Wildman–Crippen LogP) is 1.35. The molecule has 0 unspecified atom stereocenters. The molecule has 0 aliphatic heterocycles. The van der Waals surface area contributed by atoms with Gasteiger partial charge < -0.3 is 10.5 Å². The standard InChI is InChI=1S/C11H18N2O3S/c1-11(2,3)13-17(14,15)10-6-5-8(12)7-9(10)16-4/h5-7,13H,12H2,1-4H3. The topological polar surface area (TPSA) is 81.4 Å². The van der Waals surface area contributed by atoms with Crippen LogP contribution < -0.4 is 15.2 Å². The molecule has 1 aromatic rings. The summed E-state index contributed by atoms with van der Waals surface area (Å²) in [7, 11) is -2.20. The maximum atomic E-state index is 12.1. The number of rotatable bonds is 3. The lowest BCUT2D eigenvalue weighted by molar-refractivity contribution is 0.401. The van der Waals surface area contributed by atoms with E-state index in [-0.39, 0.29) is 10.6 Å². The van der Waals surface area contributed by atoms with E-state index in [1.54, 1.807) is 20.8 Å². The second-order valence-electron chi connectivity index (χ2n) is 4.77. The van der Waals surface area contributed by atoms with E-state index < -0.39 is 15.6 Å². The van der Waals surface area contributed by atoms with Gasteiger partial charge in [0.15, 0.2) is 0 Å². The summed E-state index contributed by atoms with van der Waals surface area (Å²) in [6.45, 7) is 5.32. The number of benzene rings is 1. The Morgan fingerprint density at radius 3 is 2.35 bits per heavy atom. The van der Waals surface area contributed by atoms with E-state index in [2.05, 4.69) is 4.72 Å². The molecule has 0 bridgehead atoms. The smallest absolute Gasteiger partial charge is 0.244 e. The Balaban J connectivity index is 3.24. The van der Waals surface area contributed by atoms with Gasteiger partial charge in [-0.2, -0.15) is 0 Å². The first-order valence-corrected chi connectivity index (χ1v) is 6.61. The van der Waals surface area contributed by atoms with Crippen molar-refractivity contribution in [3.8, 4) is 5.75 Å². The first-order chi connectivity index (χ1) is 7.65. The summed E-state index contributed by atoms with van der Waals surface area (Å²) in [4.78, 5) is 0.0872. The number of sulfonamides is 1. The zero-order valence-electron chi connectivity index (χ0n) is 10.4. The Kier molecular flexibility index (Phi) is 3.68. The molecule has 0 saturated heterocycles. The Hall–Kier alpha value is -1.27. The molecule has 0 aromatic heterocycles. The Morgan fingerprint density at radius 2 is 1.88 bits per heavy atom. The van der Waals surface area contributed by atoms with Crippen LogP contribution in [0.25, 0.3) is 0 Å². The number of hydrogen-bond donors (Lipinski definition) is 2. The summed E-state index contributed by atoms with van der Waals surface area (Å²) in [6, 6.07) is 4.44. The molecule has 0 atom stereocenters. The fraction of sp³-hybridized carbons (Fsp3) is 0.455. The van der Waals surface area contributed by atoms with Crippen LogP contribution >= 0.6 is 0 Å². The molecular weight excluding hydrogens is 240 g/mol. The molecule has 0 spiro atoms. The Bertz CT molecular complexity index is 504. The average molecular weight is 258 g/mol. The van der Waals surface area contributed by atoms with E-state index in [0.717, 1.165) is 0 Å². The Labute approximate surface area is 102 Å². The van der Waals surface area contributed by atoms with Gasteiger partial charge in [-0.1, -0.05) is 0 Å². The largest absolute Gasteiger partial charge is 0.495 e. The number of ether oxygens (including phenoxy) is 1. The summed E-state index contributed by atoms with van der Waals surface area (Å²) < 4.78 is 31.8. The molecule has 0 amide bonds. The lowest BCUT2D eigenvalue weighted by Gasteiger charge is -2.21. The van der Waals surface area contributed by atoms with Gasteiger partial charge in [0.05, 0.1) is 7.11 Å². The van der Waals surface area contributed by atoms with Crippen LogP contribution in [0, 0.1) is 0 Å². The van der Waals surface area contributed by atoms with Crippen molar-refractivity contribution >= 4 is 15.7 Å². The van der Waals surface area contributed by atoms with Gasteiger partial charge >= 0.3 is 0 Å². The summed E-state index contributed by atoms with van der Waals surface area (Å²) in [5.41, 5.74) is 5.48. The normalized spacial score (nSPS) is 12.5. The van der Waals surface area contributed by atoms with Gasteiger partial charge in [-0.15, -0.1) is 0 Å². The van der Waals surface area contributed by atoms with Crippen molar-refractivity contribution in [2.45, 2.75) is 31.2 Å². The molecule has 96 valence electrons. The molecule has 6 heteroatoms. The van der Waals surface area contributed by atoms with E-state index >= 15 is 0 Å². The molecule has 0 fully saturated rings. The summed E-state index contributed by atoms with van der Waals surface area (Å²) >= 11 is 0. The zero-order chi connectivity index (χ0) is 13.3. The van der Waals surface area contributed by atoms with E-state index in [9.17, 15) is 8.42 Å². The minimum absolute atomic E-state index is 0.0872.